The van der Waals surface area contributed by atoms with Crippen LogP contribution in [0.15, 0.2) is 23.6 Å². The van der Waals surface area contributed by atoms with Crippen LogP contribution in [0.2, 0.25) is 0 Å². The maximum atomic E-state index is 13.6. The summed E-state index contributed by atoms with van der Waals surface area (Å²) in [5.41, 5.74) is 0.623. The van der Waals surface area contributed by atoms with E-state index in [0.717, 1.165) is 5.69 Å². The minimum Gasteiger partial charge on any atom is -0.478 e. The summed E-state index contributed by atoms with van der Waals surface area (Å²) in [4.78, 5) is 15.0. The molecule has 0 aliphatic heterocycles. The van der Waals surface area contributed by atoms with Gasteiger partial charge < -0.3 is 10.4 Å². The summed E-state index contributed by atoms with van der Waals surface area (Å²) in [6.45, 7) is 1.81. The number of hydrogen-bond acceptors (Lipinski definition) is 4. The molecule has 1 aromatic carbocycles. The molecule has 17 heavy (non-hydrogen) atoms. The molecule has 2 rings (SSSR count). The van der Waals surface area contributed by atoms with Crippen LogP contribution >= 0.6 is 11.3 Å². The van der Waals surface area contributed by atoms with Crippen molar-refractivity contribution in [2.24, 2.45) is 0 Å². The lowest BCUT2D eigenvalue weighted by atomic mass is 10.1. The smallest absolute Gasteiger partial charge is 0.337 e. The third-order valence-corrected chi connectivity index (χ3v) is 2.97. The van der Waals surface area contributed by atoms with Crippen LogP contribution in [-0.4, -0.2) is 16.1 Å². The second-order valence-electron chi connectivity index (χ2n) is 3.39. The minimum absolute atomic E-state index is 0.0608. The number of carboxylic acids is 1. The van der Waals surface area contributed by atoms with Crippen molar-refractivity contribution in [2.45, 2.75) is 6.92 Å². The molecule has 0 amide bonds. The van der Waals surface area contributed by atoms with Gasteiger partial charge in [0.1, 0.15) is 5.82 Å². The molecule has 0 spiro atoms. The van der Waals surface area contributed by atoms with E-state index in [-0.39, 0.29) is 11.3 Å². The average Bonchev–Trinajstić information content (AvgIpc) is 2.67. The molecule has 88 valence electrons. The van der Waals surface area contributed by atoms with Crippen molar-refractivity contribution in [2.75, 3.05) is 5.32 Å². The number of aromatic nitrogens is 1. The van der Waals surface area contributed by atoms with E-state index in [1.165, 1.54) is 29.5 Å². The maximum Gasteiger partial charge on any atom is 0.337 e. The van der Waals surface area contributed by atoms with Gasteiger partial charge in [-0.15, -0.1) is 11.3 Å². The number of rotatable bonds is 3. The van der Waals surface area contributed by atoms with Gasteiger partial charge in [0.05, 0.1) is 16.9 Å². The van der Waals surface area contributed by atoms with Crippen molar-refractivity contribution in [1.82, 2.24) is 4.98 Å². The highest BCUT2D eigenvalue weighted by atomic mass is 32.1. The molecule has 0 aliphatic rings. The van der Waals surface area contributed by atoms with Gasteiger partial charge in [-0.3, -0.25) is 0 Å². The lowest BCUT2D eigenvalue weighted by Gasteiger charge is -2.07. The van der Waals surface area contributed by atoms with Crippen molar-refractivity contribution in [3.63, 3.8) is 0 Å². The second kappa shape index (κ2) is 4.50. The van der Waals surface area contributed by atoms with Crippen molar-refractivity contribution >= 4 is 28.1 Å². The Kier molecular flexibility index (Phi) is 3.06. The predicted octanol–water partition coefficient (Wildman–Crippen LogP) is 3.03. The summed E-state index contributed by atoms with van der Waals surface area (Å²) in [6, 6.07) is 3.90. The third kappa shape index (κ3) is 2.42. The highest BCUT2D eigenvalue weighted by Crippen LogP contribution is 2.26. The summed E-state index contributed by atoms with van der Waals surface area (Å²) in [6.07, 6.45) is 0. The number of anilines is 2. The number of aryl methyl sites for hydroxylation is 1. The number of carboxylic acid groups (broad SMARTS) is 1. The molecule has 0 radical (unpaired) electrons. The van der Waals surface area contributed by atoms with Gasteiger partial charge in [-0.1, -0.05) is 6.07 Å². The molecule has 0 saturated carbocycles. The fourth-order valence-corrected chi connectivity index (χ4v) is 2.04. The van der Waals surface area contributed by atoms with Crippen LogP contribution in [0.5, 0.6) is 0 Å². The largest absolute Gasteiger partial charge is 0.478 e. The molecule has 2 N–H and O–H groups in total. The standard InChI is InChI=1S/C11H9FN2O2S/c1-6-5-17-11(13-6)14-9-7(10(15)16)3-2-4-8(9)12/h2-5H,1H3,(H,13,14)(H,15,16). The SMILES string of the molecule is Cc1csc(Nc2c(F)cccc2C(=O)O)n1. The van der Waals surface area contributed by atoms with E-state index in [1.807, 2.05) is 0 Å². The topological polar surface area (TPSA) is 62.2 Å². The van der Waals surface area contributed by atoms with Crippen LogP contribution in [0, 0.1) is 12.7 Å². The summed E-state index contributed by atoms with van der Waals surface area (Å²) >= 11 is 1.29. The van der Waals surface area contributed by atoms with E-state index in [0.29, 0.717) is 5.13 Å². The Bertz CT molecular complexity index is 568. The summed E-state index contributed by atoms with van der Waals surface area (Å²) in [5, 5.41) is 13.9. The molecule has 0 bridgehead atoms. The highest BCUT2D eigenvalue weighted by Gasteiger charge is 2.15. The first-order valence-corrected chi connectivity index (χ1v) is 5.67. The van der Waals surface area contributed by atoms with Crippen molar-refractivity contribution in [3.8, 4) is 0 Å². The molecule has 2 aromatic rings. The quantitative estimate of drug-likeness (QED) is 0.881. The summed E-state index contributed by atoms with van der Waals surface area (Å²) < 4.78 is 13.6. The second-order valence-corrected chi connectivity index (χ2v) is 4.24. The molecule has 0 atom stereocenters. The van der Waals surface area contributed by atoms with Gasteiger partial charge in [-0.2, -0.15) is 0 Å². The van der Waals surface area contributed by atoms with E-state index in [2.05, 4.69) is 10.3 Å². The summed E-state index contributed by atoms with van der Waals surface area (Å²) in [5.74, 6) is -1.79. The molecule has 1 aromatic heterocycles. The fourth-order valence-electron chi connectivity index (χ4n) is 1.35. The zero-order valence-corrected chi connectivity index (χ0v) is 9.71. The number of aromatic carboxylic acids is 1. The first-order chi connectivity index (χ1) is 8.08. The van der Waals surface area contributed by atoms with Crippen LogP contribution in [0.25, 0.3) is 0 Å². The van der Waals surface area contributed by atoms with Crippen LogP contribution in [0.4, 0.5) is 15.2 Å². The van der Waals surface area contributed by atoms with Crippen molar-refractivity contribution < 1.29 is 14.3 Å². The Morgan fingerprint density at radius 3 is 2.88 bits per heavy atom. The van der Waals surface area contributed by atoms with Crippen LogP contribution in [0.3, 0.4) is 0 Å². The van der Waals surface area contributed by atoms with Gasteiger partial charge >= 0.3 is 5.97 Å². The summed E-state index contributed by atoms with van der Waals surface area (Å²) in [7, 11) is 0. The van der Waals surface area contributed by atoms with Crippen molar-refractivity contribution in [3.05, 3.63) is 40.7 Å². The number of hydrogen-bond donors (Lipinski definition) is 2. The number of halogens is 1. The zero-order valence-electron chi connectivity index (χ0n) is 8.90. The Morgan fingerprint density at radius 1 is 1.53 bits per heavy atom. The van der Waals surface area contributed by atoms with E-state index >= 15 is 0 Å². The molecular formula is C11H9FN2O2S. The molecule has 6 heteroatoms. The van der Waals surface area contributed by atoms with Crippen LogP contribution in [-0.2, 0) is 0 Å². The molecule has 0 aliphatic carbocycles. The van der Waals surface area contributed by atoms with E-state index in [9.17, 15) is 9.18 Å². The Balaban J connectivity index is 2.40. The number of benzene rings is 1. The number of carbonyl (C=O) groups is 1. The zero-order chi connectivity index (χ0) is 12.4. The average molecular weight is 252 g/mol. The van der Waals surface area contributed by atoms with Gasteiger partial charge in [-0.05, 0) is 19.1 Å². The predicted molar refractivity (Wildman–Crippen MR) is 63.5 cm³/mol. The highest BCUT2D eigenvalue weighted by molar-refractivity contribution is 7.13. The van der Waals surface area contributed by atoms with Gasteiger partial charge in [0, 0.05) is 5.38 Å². The molecule has 0 saturated heterocycles. The molecular weight excluding hydrogens is 243 g/mol. The Hall–Kier alpha value is -1.95. The lowest BCUT2D eigenvalue weighted by Crippen LogP contribution is -2.04. The van der Waals surface area contributed by atoms with Gasteiger partial charge in [0.25, 0.3) is 0 Å². The third-order valence-electron chi connectivity index (χ3n) is 2.09. The lowest BCUT2D eigenvalue weighted by molar-refractivity contribution is 0.0697. The first kappa shape index (κ1) is 11.5. The van der Waals surface area contributed by atoms with Crippen molar-refractivity contribution in [1.29, 1.82) is 0 Å². The van der Waals surface area contributed by atoms with Gasteiger partial charge in [0.15, 0.2) is 5.13 Å². The number of nitrogens with one attached hydrogen (secondary N) is 1. The number of thiazole rings is 1. The van der Waals surface area contributed by atoms with E-state index in [4.69, 9.17) is 5.11 Å². The Labute approximate surface area is 101 Å². The molecule has 4 nitrogen and oxygen atoms in total. The van der Waals surface area contributed by atoms with Crippen LogP contribution in [0.1, 0.15) is 16.1 Å². The normalized spacial score (nSPS) is 10.2. The van der Waals surface area contributed by atoms with E-state index in [1.54, 1.807) is 12.3 Å². The number of para-hydroxylation sites is 1. The van der Waals surface area contributed by atoms with Gasteiger partial charge in [0.2, 0.25) is 0 Å². The van der Waals surface area contributed by atoms with Gasteiger partial charge in [-0.25, -0.2) is 14.2 Å². The first-order valence-electron chi connectivity index (χ1n) is 4.79. The monoisotopic (exact) mass is 252 g/mol. The number of nitrogens with zero attached hydrogens (tertiary/aromatic N) is 1. The maximum absolute atomic E-state index is 13.6. The van der Waals surface area contributed by atoms with Crippen LogP contribution < -0.4 is 5.32 Å². The fraction of sp³-hybridized carbons (Fsp3) is 0.0909. The molecule has 1 heterocycles. The molecule has 0 unspecified atom stereocenters. The molecule has 0 fully saturated rings. The Morgan fingerprint density at radius 2 is 2.29 bits per heavy atom. The minimum atomic E-state index is -1.18. The van der Waals surface area contributed by atoms with E-state index < -0.39 is 11.8 Å².